The van der Waals surface area contributed by atoms with E-state index in [-0.39, 0.29) is 0 Å². The lowest BCUT2D eigenvalue weighted by Crippen LogP contribution is -2.03. The fourth-order valence-electron chi connectivity index (χ4n) is 1.53. The molecular formula is C9H12N4. The third-order valence-electron chi connectivity index (χ3n) is 2.35. The number of hydrogen-bond acceptors (Lipinski definition) is 3. The number of hydrogen-bond donors (Lipinski definition) is 1. The van der Waals surface area contributed by atoms with E-state index < -0.39 is 0 Å². The molecule has 0 spiro atoms. The molecule has 2 aromatic heterocycles. The topological polar surface area (TPSA) is 56.2 Å². The summed E-state index contributed by atoms with van der Waals surface area (Å²) in [5.74, 6) is 1.49. The molecule has 0 aliphatic rings. The van der Waals surface area contributed by atoms with Crippen molar-refractivity contribution in [3.63, 3.8) is 0 Å². The van der Waals surface area contributed by atoms with Gasteiger partial charge in [-0.1, -0.05) is 0 Å². The second-order valence-corrected chi connectivity index (χ2v) is 3.19. The molecule has 0 saturated carbocycles. The first-order valence-electron chi connectivity index (χ1n) is 4.18. The predicted octanol–water partition coefficient (Wildman–Crippen LogP) is 1.24. The number of nitrogens with two attached hydrogens (primary N) is 1. The molecule has 0 aliphatic carbocycles. The second kappa shape index (κ2) is 2.45. The van der Waals surface area contributed by atoms with Crippen LogP contribution in [0.5, 0.6) is 0 Å². The van der Waals surface area contributed by atoms with Crippen molar-refractivity contribution in [1.82, 2.24) is 14.4 Å². The number of imidazole rings is 1. The first-order valence-corrected chi connectivity index (χ1v) is 4.18. The van der Waals surface area contributed by atoms with Crippen molar-refractivity contribution in [2.24, 2.45) is 0 Å². The average molecular weight is 176 g/mol. The molecule has 0 aliphatic heterocycles. The quantitative estimate of drug-likeness (QED) is 0.657. The van der Waals surface area contributed by atoms with Gasteiger partial charge in [0.05, 0.1) is 11.9 Å². The average Bonchev–Trinajstić information content (AvgIpc) is 2.44. The second-order valence-electron chi connectivity index (χ2n) is 3.19. The lowest BCUT2D eigenvalue weighted by Gasteiger charge is -2.06. The van der Waals surface area contributed by atoms with Crippen molar-refractivity contribution in [1.29, 1.82) is 0 Å². The number of nitrogens with zero attached hydrogens (tertiary/aromatic N) is 3. The highest BCUT2D eigenvalue weighted by Gasteiger charge is 2.08. The fourth-order valence-corrected chi connectivity index (χ4v) is 1.53. The minimum Gasteiger partial charge on any atom is -0.382 e. The van der Waals surface area contributed by atoms with Gasteiger partial charge in [0.2, 0.25) is 0 Å². The van der Waals surface area contributed by atoms with Crippen LogP contribution in [0.4, 0.5) is 5.82 Å². The van der Waals surface area contributed by atoms with Gasteiger partial charge in [-0.25, -0.2) is 9.97 Å². The Morgan fingerprint density at radius 1 is 1.31 bits per heavy atom. The number of rotatable bonds is 0. The van der Waals surface area contributed by atoms with Gasteiger partial charge in [-0.2, -0.15) is 0 Å². The van der Waals surface area contributed by atoms with Gasteiger partial charge >= 0.3 is 0 Å². The van der Waals surface area contributed by atoms with E-state index in [1.165, 1.54) is 0 Å². The molecule has 0 aromatic carbocycles. The van der Waals surface area contributed by atoms with Gasteiger partial charge in [-0.3, -0.25) is 4.40 Å². The maximum atomic E-state index is 5.77. The smallest absolute Gasteiger partial charge is 0.149 e. The number of aromatic nitrogens is 3. The van der Waals surface area contributed by atoms with Crippen molar-refractivity contribution in [2.75, 3.05) is 5.73 Å². The van der Waals surface area contributed by atoms with Gasteiger partial charge in [0.15, 0.2) is 0 Å². The van der Waals surface area contributed by atoms with E-state index in [1.807, 2.05) is 25.2 Å². The molecule has 4 nitrogen and oxygen atoms in total. The Balaban J connectivity index is 3.00. The van der Waals surface area contributed by atoms with E-state index in [0.29, 0.717) is 5.82 Å². The zero-order valence-corrected chi connectivity index (χ0v) is 8.00. The van der Waals surface area contributed by atoms with Gasteiger partial charge in [-0.05, 0) is 20.8 Å². The van der Waals surface area contributed by atoms with Gasteiger partial charge < -0.3 is 5.73 Å². The molecule has 0 bridgehead atoms. The van der Waals surface area contributed by atoms with Gasteiger partial charge in [0, 0.05) is 5.69 Å². The van der Waals surface area contributed by atoms with Gasteiger partial charge in [-0.15, -0.1) is 0 Å². The molecule has 0 saturated heterocycles. The zero-order valence-electron chi connectivity index (χ0n) is 8.00. The Morgan fingerprint density at radius 2 is 2.00 bits per heavy atom. The summed E-state index contributed by atoms with van der Waals surface area (Å²) >= 11 is 0. The largest absolute Gasteiger partial charge is 0.382 e. The van der Waals surface area contributed by atoms with Gasteiger partial charge in [0.1, 0.15) is 17.2 Å². The molecule has 2 aromatic rings. The number of anilines is 1. The molecule has 0 radical (unpaired) electrons. The Morgan fingerprint density at radius 3 is 2.69 bits per heavy atom. The normalized spacial score (nSPS) is 11.0. The van der Waals surface area contributed by atoms with Crippen LogP contribution in [0, 0.1) is 20.8 Å². The molecule has 0 unspecified atom stereocenters. The summed E-state index contributed by atoms with van der Waals surface area (Å²) in [7, 11) is 0. The summed E-state index contributed by atoms with van der Waals surface area (Å²) in [5.41, 5.74) is 8.70. The molecule has 2 heterocycles. The van der Waals surface area contributed by atoms with E-state index in [9.17, 15) is 0 Å². The van der Waals surface area contributed by atoms with E-state index in [1.54, 1.807) is 6.20 Å². The Kier molecular flexibility index (Phi) is 1.52. The summed E-state index contributed by atoms with van der Waals surface area (Å²) in [6.45, 7) is 5.92. The minimum absolute atomic E-state index is 0.545. The van der Waals surface area contributed by atoms with Gasteiger partial charge in [0.25, 0.3) is 0 Å². The van der Waals surface area contributed by atoms with Crippen LogP contribution in [0.2, 0.25) is 0 Å². The zero-order chi connectivity index (χ0) is 9.59. The highest BCUT2D eigenvalue weighted by atomic mass is 15.1. The number of aryl methyl sites for hydroxylation is 3. The third-order valence-corrected chi connectivity index (χ3v) is 2.35. The molecule has 2 rings (SSSR count). The van der Waals surface area contributed by atoms with Crippen LogP contribution in [-0.2, 0) is 0 Å². The summed E-state index contributed by atoms with van der Waals surface area (Å²) in [5, 5.41) is 0. The van der Waals surface area contributed by atoms with E-state index in [0.717, 1.165) is 22.7 Å². The lowest BCUT2D eigenvalue weighted by atomic mass is 10.3. The molecule has 13 heavy (non-hydrogen) atoms. The van der Waals surface area contributed by atoms with Crippen molar-refractivity contribution in [3.8, 4) is 0 Å². The number of nitrogen functional groups attached to an aromatic ring is 1. The first kappa shape index (κ1) is 8.04. The Labute approximate surface area is 76.4 Å². The standard InChI is InChI=1S/C9H12N4/c1-5-6(2)13-7(3)11-4-8(13)9(10)12-5/h4H,1-3H3,(H2,10,12). The number of fused-ring (bicyclic) bond motifs is 1. The summed E-state index contributed by atoms with van der Waals surface area (Å²) < 4.78 is 2.03. The molecular weight excluding hydrogens is 164 g/mol. The van der Waals surface area contributed by atoms with Crippen molar-refractivity contribution < 1.29 is 0 Å². The predicted molar refractivity (Wildman–Crippen MR) is 51.6 cm³/mol. The third kappa shape index (κ3) is 0.983. The van der Waals surface area contributed by atoms with Crippen LogP contribution in [0.1, 0.15) is 17.2 Å². The molecule has 0 atom stereocenters. The molecule has 4 heteroatoms. The Hall–Kier alpha value is -1.58. The van der Waals surface area contributed by atoms with Crippen molar-refractivity contribution in [2.45, 2.75) is 20.8 Å². The molecule has 0 amide bonds. The highest BCUT2D eigenvalue weighted by molar-refractivity contribution is 5.65. The summed E-state index contributed by atoms with van der Waals surface area (Å²) in [4.78, 5) is 8.43. The Bertz CT molecular complexity index is 470. The highest BCUT2D eigenvalue weighted by Crippen LogP contribution is 2.16. The fraction of sp³-hybridized carbons (Fsp3) is 0.333. The maximum Gasteiger partial charge on any atom is 0.149 e. The van der Waals surface area contributed by atoms with Crippen molar-refractivity contribution in [3.05, 3.63) is 23.4 Å². The maximum absolute atomic E-state index is 5.77. The van der Waals surface area contributed by atoms with Crippen LogP contribution < -0.4 is 5.73 Å². The van der Waals surface area contributed by atoms with Crippen LogP contribution in [0.15, 0.2) is 6.20 Å². The lowest BCUT2D eigenvalue weighted by molar-refractivity contribution is 0.951. The monoisotopic (exact) mass is 176 g/mol. The van der Waals surface area contributed by atoms with Crippen LogP contribution in [0.25, 0.3) is 5.52 Å². The van der Waals surface area contributed by atoms with Crippen LogP contribution >= 0.6 is 0 Å². The summed E-state index contributed by atoms with van der Waals surface area (Å²) in [6, 6.07) is 0. The van der Waals surface area contributed by atoms with Crippen molar-refractivity contribution >= 4 is 11.3 Å². The molecule has 2 N–H and O–H groups in total. The summed E-state index contributed by atoms with van der Waals surface area (Å²) in [6.07, 6.45) is 1.75. The molecule has 68 valence electrons. The van der Waals surface area contributed by atoms with E-state index in [2.05, 4.69) is 9.97 Å². The van der Waals surface area contributed by atoms with Crippen LogP contribution in [-0.4, -0.2) is 14.4 Å². The minimum atomic E-state index is 0.545. The van der Waals surface area contributed by atoms with Crippen LogP contribution in [0.3, 0.4) is 0 Å². The SMILES string of the molecule is Cc1nc(N)c2cnc(C)n2c1C. The van der Waals surface area contributed by atoms with E-state index in [4.69, 9.17) is 5.73 Å². The first-order chi connectivity index (χ1) is 6.11. The molecule has 0 fully saturated rings. The van der Waals surface area contributed by atoms with E-state index >= 15 is 0 Å².